The van der Waals surface area contributed by atoms with Crippen molar-refractivity contribution >= 4 is 11.9 Å². The highest BCUT2D eigenvalue weighted by Gasteiger charge is 2.10. The van der Waals surface area contributed by atoms with Crippen LogP contribution < -0.4 is 0 Å². The minimum Gasteiger partial charge on any atom is -0.478 e. The average molecular weight is 250 g/mol. The molecule has 4 heteroatoms. The maximum absolute atomic E-state index is 11.2. The Balaban J connectivity index is 2.53. The van der Waals surface area contributed by atoms with Crippen molar-refractivity contribution in [1.82, 2.24) is 0 Å². The van der Waals surface area contributed by atoms with E-state index in [0.29, 0.717) is 13.0 Å². The molecular formula is C14H18O4. The van der Waals surface area contributed by atoms with E-state index in [1.165, 1.54) is 0 Å². The largest absolute Gasteiger partial charge is 0.478 e. The van der Waals surface area contributed by atoms with Gasteiger partial charge in [0.25, 0.3) is 0 Å². The number of rotatable bonds is 6. The summed E-state index contributed by atoms with van der Waals surface area (Å²) in [6, 6.07) is 6.62. The fourth-order valence-corrected chi connectivity index (χ4v) is 1.54. The van der Waals surface area contributed by atoms with Crippen molar-refractivity contribution < 1.29 is 19.4 Å². The third kappa shape index (κ3) is 4.20. The molecule has 0 radical (unpaired) electrons. The van der Waals surface area contributed by atoms with Crippen molar-refractivity contribution in [1.29, 1.82) is 0 Å². The Kier molecular flexibility index (Phi) is 5.36. The molecule has 0 aliphatic carbocycles. The lowest BCUT2D eigenvalue weighted by Gasteiger charge is -2.12. The molecule has 0 aliphatic rings. The number of carbonyl (C=O) groups excluding carboxylic acids is 1. The van der Waals surface area contributed by atoms with E-state index in [4.69, 9.17) is 9.84 Å². The van der Waals surface area contributed by atoms with Gasteiger partial charge in [0.05, 0.1) is 12.2 Å². The van der Waals surface area contributed by atoms with Gasteiger partial charge in [0.2, 0.25) is 0 Å². The van der Waals surface area contributed by atoms with Crippen LogP contribution in [0.3, 0.4) is 0 Å². The topological polar surface area (TPSA) is 63.6 Å². The van der Waals surface area contributed by atoms with E-state index >= 15 is 0 Å². The summed E-state index contributed by atoms with van der Waals surface area (Å²) in [5.74, 6) is -1.07. The summed E-state index contributed by atoms with van der Waals surface area (Å²) in [6.45, 7) is 4.19. The average Bonchev–Trinajstić information content (AvgIpc) is 2.36. The van der Waals surface area contributed by atoms with Gasteiger partial charge in [-0.3, -0.25) is 4.79 Å². The molecular weight excluding hydrogens is 232 g/mol. The lowest BCUT2D eigenvalue weighted by molar-refractivity contribution is -0.144. The first-order chi connectivity index (χ1) is 8.54. The highest BCUT2D eigenvalue weighted by atomic mass is 16.5. The monoisotopic (exact) mass is 250 g/mol. The van der Waals surface area contributed by atoms with Crippen molar-refractivity contribution in [3.05, 3.63) is 35.4 Å². The van der Waals surface area contributed by atoms with Crippen molar-refractivity contribution in [2.24, 2.45) is 0 Å². The van der Waals surface area contributed by atoms with Gasteiger partial charge in [-0.1, -0.05) is 26.0 Å². The van der Waals surface area contributed by atoms with Gasteiger partial charge in [0.1, 0.15) is 0 Å². The molecule has 0 unspecified atom stereocenters. The molecule has 98 valence electrons. The number of carbonyl (C=O) groups is 2. The van der Waals surface area contributed by atoms with Crippen LogP contribution in [0.4, 0.5) is 0 Å². The Morgan fingerprint density at radius 2 is 1.89 bits per heavy atom. The third-order valence-electron chi connectivity index (χ3n) is 2.68. The van der Waals surface area contributed by atoms with Crippen LogP contribution in [0, 0.1) is 0 Å². The number of carboxylic acids is 1. The predicted octanol–water partition coefficient (Wildman–Crippen LogP) is 2.83. The first kappa shape index (κ1) is 14.2. The second-order valence-electron chi connectivity index (χ2n) is 4.26. The molecule has 0 amide bonds. The minimum absolute atomic E-state index is 0.0636. The maximum atomic E-state index is 11.2. The summed E-state index contributed by atoms with van der Waals surface area (Å²) in [5.41, 5.74) is 1.22. The van der Waals surface area contributed by atoms with Crippen LogP contribution in [-0.2, 0) is 9.53 Å². The van der Waals surface area contributed by atoms with E-state index in [1.807, 2.05) is 13.8 Å². The number of ether oxygens (including phenoxy) is 1. The number of hydrogen-bond acceptors (Lipinski definition) is 3. The van der Waals surface area contributed by atoms with Crippen molar-refractivity contribution in [3.63, 3.8) is 0 Å². The zero-order valence-electron chi connectivity index (χ0n) is 10.7. The van der Waals surface area contributed by atoms with Crippen LogP contribution in [0.2, 0.25) is 0 Å². The van der Waals surface area contributed by atoms with E-state index < -0.39 is 5.97 Å². The summed E-state index contributed by atoms with van der Waals surface area (Å²) in [4.78, 5) is 21.9. The van der Waals surface area contributed by atoms with Gasteiger partial charge in [-0.05, 0) is 24.1 Å². The van der Waals surface area contributed by atoms with Gasteiger partial charge in [0.15, 0.2) is 0 Å². The Morgan fingerprint density at radius 3 is 2.39 bits per heavy atom. The van der Waals surface area contributed by atoms with E-state index in [1.54, 1.807) is 24.3 Å². The number of carboxylic acid groups (broad SMARTS) is 1. The van der Waals surface area contributed by atoms with Crippen LogP contribution in [-0.4, -0.2) is 23.7 Å². The smallest absolute Gasteiger partial charge is 0.335 e. The third-order valence-corrected chi connectivity index (χ3v) is 2.68. The Labute approximate surface area is 107 Å². The molecule has 0 saturated heterocycles. The summed E-state index contributed by atoms with van der Waals surface area (Å²) in [5, 5.41) is 8.78. The fourth-order valence-electron chi connectivity index (χ4n) is 1.54. The molecule has 0 saturated carbocycles. The highest BCUT2D eigenvalue weighted by Crippen LogP contribution is 2.16. The van der Waals surface area contributed by atoms with Gasteiger partial charge in [-0.15, -0.1) is 0 Å². The highest BCUT2D eigenvalue weighted by molar-refractivity contribution is 5.87. The summed E-state index contributed by atoms with van der Waals surface area (Å²) in [7, 11) is 0. The minimum atomic E-state index is -0.941. The second kappa shape index (κ2) is 6.79. The lowest BCUT2D eigenvalue weighted by atomic mass is 10.0. The number of aromatic carboxylic acids is 1. The van der Waals surface area contributed by atoms with Crippen molar-refractivity contribution in [3.8, 4) is 0 Å². The molecule has 1 aromatic carbocycles. The van der Waals surface area contributed by atoms with Gasteiger partial charge in [0, 0.05) is 12.3 Å². The van der Waals surface area contributed by atoms with Gasteiger partial charge < -0.3 is 9.84 Å². The number of hydrogen-bond donors (Lipinski definition) is 1. The normalized spacial score (nSPS) is 11.9. The van der Waals surface area contributed by atoms with Crippen LogP contribution in [0.15, 0.2) is 24.3 Å². The Morgan fingerprint density at radius 1 is 1.28 bits per heavy atom. The van der Waals surface area contributed by atoms with Gasteiger partial charge >= 0.3 is 11.9 Å². The molecule has 1 N–H and O–H groups in total. The van der Waals surface area contributed by atoms with Crippen LogP contribution in [0.25, 0.3) is 0 Å². The molecule has 0 bridgehead atoms. The number of benzene rings is 1. The van der Waals surface area contributed by atoms with Crippen LogP contribution in [0.5, 0.6) is 0 Å². The molecule has 1 atom stereocenters. The van der Waals surface area contributed by atoms with Crippen LogP contribution >= 0.6 is 0 Å². The summed E-state index contributed by atoms with van der Waals surface area (Å²) in [6.07, 6.45) is 1.21. The quantitative estimate of drug-likeness (QED) is 0.788. The SMILES string of the molecule is CCCC(=O)OC[C@H](C)c1ccc(C(=O)O)cc1. The molecule has 0 aliphatic heterocycles. The summed E-state index contributed by atoms with van der Waals surface area (Å²) >= 11 is 0. The van der Waals surface area contributed by atoms with Gasteiger partial charge in [-0.2, -0.15) is 0 Å². The van der Waals surface area contributed by atoms with E-state index in [-0.39, 0.29) is 17.5 Å². The van der Waals surface area contributed by atoms with E-state index in [9.17, 15) is 9.59 Å². The molecule has 0 spiro atoms. The van der Waals surface area contributed by atoms with E-state index in [2.05, 4.69) is 0 Å². The Bertz CT molecular complexity index is 408. The molecule has 1 rings (SSSR count). The second-order valence-corrected chi connectivity index (χ2v) is 4.26. The first-order valence-electron chi connectivity index (χ1n) is 6.03. The standard InChI is InChI=1S/C14H18O4/c1-3-4-13(15)18-9-10(2)11-5-7-12(8-6-11)14(16)17/h5-8,10H,3-4,9H2,1-2H3,(H,16,17)/t10-/m0/s1. The first-order valence-corrected chi connectivity index (χ1v) is 6.03. The van der Waals surface area contributed by atoms with Crippen molar-refractivity contribution in [2.45, 2.75) is 32.6 Å². The zero-order valence-corrected chi connectivity index (χ0v) is 10.7. The maximum Gasteiger partial charge on any atom is 0.335 e. The van der Waals surface area contributed by atoms with Crippen molar-refractivity contribution in [2.75, 3.05) is 6.61 Å². The molecule has 0 fully saturated rings. The van der Waals surface area contributed by atoms with Crippen LogP contribution in [0.1, 0.15) is 48.5 Å². The molecule has 0 heterocycles. The fraction of sp³-hybridized carbons (Fsp3) is 0.429. The lowest BCUT2D eigenvalue weighted by Crippen LogP contribution is -2.10. The molecule has 0 aromatic heterocycles. The number of esters is 1. The predicted molar refractivity (Wildman–Crippen MR) is 67.7 cm³/mol. The van der Waals surface area contributed by atoms with Gasteiger partial charge in [-0.25, -0.2) is 4.79 Å². The molecule has 18 heavy (non-hydrogen) atoms. The molecule has 1 aromatic rings. The molecule has 4 nitrogen and oxygen atoms in total. The zero-order chi connectivity index (χ0) is 13.5. The Hall–Kier alpha value is -1.84. The van der Waals surface area contributed by atoms with E-state index in [0.717, 1.165) is 12.0 Å². The summed E-state index contributed by atoms with van der Waals surface area (Å²) < 4.78 is 5.12.